The van der Waals surface area contributed by atoms with Crippen LogP contribution in [0.15, 0.2) is 18.2 Å². The van der Waals surface area contributed by atoms with Gasteiger partial charge in [0.2, 0.25) is 0 Å². The number of aryl methyl sites for hydroxylation is 2. The molecule has 1 aromatic carbocycles. The van der Waals surface area contributed by atoms with E-state index in [9.17, 15) is 0 Å². The van der Waals surface area contributed by atoms with Crippen molar-refractivity contribution < 1.29 is 0 Å². The van der Waals surface area contributed by atoms with Crippen molar-refractivity contribution in [2.45, 2.75) is 52.1 Å². The zero-order valence-corrected chi connectivity index (χ0v) is 12.7. The van der Waals surface area contributed by atoms with Crippen LogP contribution in [0.3, 0.4) is 0 Å². The summed E-state index contributed by atoms with van der Waals surface area (Å²) in [6.45, 7) is 11.4. The van der Waals surface area contributed by atoms with Crippen molar-refractivity contribution in [3.8, 4) is 0 Å². The monoisotopic (exact) mass is 258 g/mol. The lowest BCUT2D eigenvalue weighted by Crippen LogP contribution is -2.63. The zero-order chi connectivity index (χ0) is 13.6. The van der Waals surface area contributed by atoms with Crippen LogP contribution in [0.4, 0.5) is 5.69 Å². The summed E-state index contributed by atoms with van der Waals surface area (Å²) >= 11 is 0. The van der Waals surface area contributed by atoms with Gasteiger partial charge in [-0.25, -0.2) is 0 Å². The molecule has 2 fully saturated rings. The minimum atomic E-state index is 0.310. The molecule has 2 aliphatic rings. The summed E-state index contributed by atoms with van der Waals surface area (Å²) in [6, 6.07) is 7.51. The summed E-state index contributed by atoms with van der Waals surface area (Å²) < 4.78 is 0. The second-order valence-electron chi connectivity index (χ2n) is 6.90. The highest BCUT2D eigenvalue weighted by Gasteiger charge is 2.45. The van der Waals surface area contributed by atoms with Gasteiger partial charge >= 0.3 is 0 Å². The summed E-state index contributed by atoms with van der Waals surface area (Å²) in [6.07, 6.45) is 2.80. The fourth-order valence-corrected chi connectivity index (χ4v) is 3.51. The Hall–Kier alpha value is -1.02. The van der Waals surface area contributed by atoms with Crippen molar-refractivity contribution in [1.29, 1.82) is 0 Å². The normalized spacial score (nSPS) is 31.6. The molecule has 1 heterocycles. The number of hydrogen-bond acceptors (Lipinski definition) is 2. The molecule has 2 heteroatoms. The zero-order valence-electron chi connectivity index (χ0n) is 12.7. The first kappa shape index (κ1) is 13.0. The van der Waals surface area contributed by atoms with Gasteiger partial charge in [-0.1, -0.05) is 6.07 Å². The number of anilines is 1. The van der Waals surface area contributed by atoms with Crippen LogP contribution in [-0.2, 0) is 0 Å². The molecule has 1 aliphatic heterocycles. The summed E-state index contributed by atoms with van der Waals surface area (Å²) in [4.78, 5) is 2.61. The highest BCUT2D eigenvalue weighted by Crippen LogP contribution is 2.42. The number of nitrogens with zero attached hydrogens (tertiary/aromatic N) is 1. The molecule has 1 saturated heterocycles. The van der Waals surface area contributed by atoms with Gasteiger partial charge in [-0.15, -0.1) is 0 Å². The number of benzene rings is 1. The molecule has 0 amide bonds. The molecule has 3 rings (SSSR count). The summed E-state index contributed by atoms with van der Waals surface area (Å²) in [7, 11) is 0. The highest BCUT2D eigenvalue weighted by molar-refractivity contribution is 5.53. The van der Waals surface area contributed by atoms with E-state index in [0.29, 0.717) is 11.6 Å². The quantitative estimate of drug-likeness (QED) is 0.876. The average molecular weight is 258 g/mol. The van der Waals surface area contributed by atoms with Gasteiger partial charge in [0.1, 0.15) is 0 Å². The lowest BCUT2D eigenvalue weighted by molar-refractivity contribution is 0.261. The topological polar surface area (TPSA) is 15.3 Å². The fraction of sp³-hybridized carbons (Fsp3) is 0.647. The number of nitrogens with one attached hydrogen (secondary N) is 1. The molecule has 2 nitrogen and oxygen atoms in total. The molecule has 1 N–H and O–H groups in total. The first-order chi connectivity index (χ1) is 8.98. The van der Waals surface area contributed by atoms with Crippen LogP contribution >= 0.6 is 0 Å². The van der Waals surface area contributed by atoms with Crippen LogP contribution in [0.1, 0.15) is 37.8 Å². The Morgan fingerprint density at radius 2 is 1.79 bits per heavy atom. The minimum absolute atomic E-state index is 0.310. The molecule has 0 radical (unpaired) electrons. The van der Waals surface area contributed by atoms with Crippen molar-refractivity contribution >= 4 is 5.69 Å². The van der Waals surface area contributed by atoms with Crippen LogP contribution in [0, 0.1) is 19.8 Å². The van der Waals surface area contributed by atoms with Gasteiger partial charge < -0.3 is 10.2 Å². The van der Waals surface area contributed by atoms with E-state index in [4.69, 9.17) is 0 Å². The van der Waals surface area contributed by atoms with Gasteiger partial charge in [0.25, 0.3) is 0 Å². The first-order valence-electron chi connectivity index (χ1n) is 7.58. The lowest BCUT2D eigenvalue weighted by atomic mass is 9.90. The maximum atomic E-state index is 3.79. The Morgan fingerprint density at radius 1 is 1.16 bits per heavy atom. The summed E-state index contributed by atoms with van der Waals surface area (Å²) in [5.41, 5.74) is 4.45. The molecule has 104 valence electrons. The van der Waals surface area contributed by atoms with Crippen LogP contribution in [0.25, 0.3) is 0 Å². The third-order valence-electron chi connectivity index (χ3n) is 4.85. The first-order valence-corrected chi connectivity index (χ1v) is 7.58. The van der Waals surface area contributed by atoms with Crippen molar-refractivity contribution in [3.63, 3.8) is 0 Å². The Balaban J connectivity index is 1.88. The van der Waals surface area contributed by atoms with Crippen LogP contribution in [-0.4, -0.2) is 24.7 Å². The maximum Gasteiger partial charge on any atom is 0.0387 e. The van der Waals surface area contributed by atoms with Crippen LogP contribution in [0.5, 0.6) is 0 Å². The molecule has 1 saturated carbocycles. The third kappa shape index (κ3) is 2.51. The maximum absolute atomic E-state index is 3.79. The van der Waals surface area contributed by atoms with E-state index in [1.807, 2.05) is 0 Å². The van der Waals surface area contributed by atoms with E-state index in [-0.39, 0.29) is 0 Å². The molecule has 0 bridgehead atoms. The van der Waals surface area contributed by atoms with Crippen LogP contribution in [0.2, 0.25) is 0 Å². The third-order valence-corrected chi connectivity index (χ3v) is 4.85. The number of rotatable bonds is 2. The van der Waals surface area contributed by atoms with E-state index >= 15 is 0 Å². The molecule has 1 aromatic rings. The Labute approximate surface area is 117 Å². The Bertz CT molecular complexity index is 458. The molecule has 0 spiro atoms. The van der Waals surface area contributed by atoms with Gasteiger partial charge in [0.05, 0.1) is 0 Å². The van der Waals surface area contributed by atoms with Gasteiger partial charge in [0, 0.05) is 30.4 Å². The second-order valence-corrected chi connectivity index (χ2v) is 6.90. The highest BCUT2D eigenvalue weighted by atomic mass is 15.3. The predicted molar refractivity (Wildman–Crippen MR) is 81.9 cm³/mol. The standard InChI is InChI=1S/C17H26N2/c1-12-7-13(2)9-16(8-12)19-11-17(4,15-5-6-15)18-10-14(19)3/h7-9,14-15,18H,5-6,10-11H2,1-4H3. The van der Waals surface area contributed by atoms with Crippen molar-refractivity contribution in [3.05, 3.63) is 29.3 Å². The van der Waals surface area contributed by atoms with E-state index in [1.165, 1.54) is 29.7 Å². The molecular weight excluding hydrogens is 232 g/mol. The van der Waals surface area contributed by atoms with Gasteiger partial charge in [-0.05, 0) is 69.7 Å². The lowest BCUT2D eigenvalue weighted by Gasteiger charge is -2.47. The molecular formula is C17H26N2. The summed E-state index contributed by atoms with van der Waals surface area (Å²) in [5, 5.41) is 3.79. The molecule has 2 unspecified atom stereocenters. The smallest absolute Gasteiger partial charge is 0.0387 e. The van der Waals surface area contributed by atoms with Crippen molar-refractivity contribution in [2.24, 2.45) is 5.92 Å². The summed E-state index contributed by atoms with van der Waals surface area (Å²) in [5.74, 6) is 0.883. The largest absolute Gasteiger partial charge is 0.366 e. The van der Waals surface area contributed by atoms with Gasteiger partial charge in [-0.2, -0.15) is 0 Å². The average Bonchev–Trinajstić information content (AvgIpc) is 3.15. The number of piperazine rings is 1. The molecule has 0 aromatic heterocycles. The minimum Gasteiger partial charge on any atom is -0.366 e. The van der Waals surface area contributed by atoms with Crippen LogP contribution < -0.4 is 10.2 Å². The van der Waals surface area contributed by atoms with Crippen molar-refractivity contribution in [1.82, 2.24) is 5.32 Å². The number of hydrogen-bond donors (Lipinski definition) is 1. The predicted octanol–water partition coefficient (Wildman–Crippen LogP) is 3.27. The van der Waals surface area contributed by atoms with Gasteiger partial charge in [0.15, 0.2) is 0 Å². The van der Waals surface area contributed by atoms with E-state index in [2.05, 4.69) is 56.1 Å². The molecule has 1 aliphatic carbocycles. The molecule has 2 atom stereocenters. The van der Waals surface area contributed by atoms with E-state index in [1.54, 1.807) is 0 Å². The van der Waals surface area contributed by atoms with E-state index in [0.717, 1.165) is 19.0 Å². The van der Waals surface area contributed by atoms with E-state index < -0.39 is 0 Å². The Kier molecular flexibility index (Phi) is 3.09. The molecule has 19 heavy (non-hydrogen) atoms. The fourth-order valence-electron chi connectivity index (χ4n) is 3.51. The second kappa shape index (κ2) is 4.52. The Morgan fingerprint density at radius 3 is 2.37 bits per heavy atom. The van der Waals surface area contributed by atoms with Crippen molar-refractivity contribution in [2.75, 3.05) is 18.0 Å². The SMILES string of the molecule is Cc1cc(C)cc(N2CC(C)(C3CC3)NCC2C)c1. The van der Waals surface area contributed by atoms with Gasteiger partial charge in [-0.3, -0.25) is 0 Å².